The fraction of sp³-hybridized carbons (Fsp3) is 0.649. The Hall–Kier alpha value is -3.11. The van der Waals surface area contributed by atoms with E-state index in [1.807, 2.05) is 63.2 Å². The van der Waals surface area contributed by atoms with Crippen molar-refractivity contribution < 1.29 is 23.9 Å². The maximum atomic E-state index is 13.9. The molecular formula is C37H56N4O5S. The third-order valence-corrected chi connectivity index (χ3v) is 10.5. The molecule has 0 spiro atoms. The van der Waals surface area contributed by atoms with Gasteiger partial charge in [-0.2, -0.15) is 0 Å². The van der Waals surface area contributed by atoms with Gasteiger partial charge in [0.15, 0.2) is 5.78 Å². The number of esters is 1. The summed E-state index contributed by atoms with van der Waals surface area (Å²) in [6.45, 7) is 11.0. The zero-order valence-electron chi connectivity index (χ0n) is 29.7. The van der Waals surface area contributed by atoms with Gasteiger partial charge in [-0.25, -0.2) is 4.98 Å². The molecule has 0 radical (unpaired) electrons. The van der Waals surface area contributed by atoms with Crippen LogP contribution in [0.1, 0.15) is 94.2 Å². The van der Waals surface area contributed by atoms with Gasteiger partial charge in [-0.1, -0.05) is 71.4 Å². The van der Waals surface area contributed by atoms with E-state index < -0.39 is 0 Å². The first kappa shape index (κ1) is 38.3. The molecule has 0 aliphatic carbocycles. The number of carbonyl (C=O) groups excluding carboxylic acids is 4. The van der Waals surface area contributed by atoms with E-state index >= 15 is 0 Å². The van der Waals surface area contributed by atoms with Crippen LogP contribution in [0.2, 0.25) is 0 Å². The lowest BCUT2D eigenvalue weighted by atomic mass is 9.85. The van der Waals surface area contributed by atoms with Crippen molar-refractivity contribution in [3.8, 4) is 0 Å². The van der Waals surface area contributed by atoms with Gasteiger partial charge in [0, 0.05) is 43.3 Å². The Kier molecular flexibility index (Phi) is 15.0. The summed E-state index contributed by atoms with van der Waals surface area (Å²) in [5.41, 5.74) is 1.42. The first-order valence-electron chi connectivity index (χ1n) is 17.2. The van der Waals surface area contributed by atoms with Crippen LogP contribution in [0.4, 0.5) is 0 Å². The number of piperidine rings is 1. The van der Waals surface area contributed by atoms with Crippen LogP contribution >= 0.6 is 11.3 Å². The second-order valence-corrected chi connectivity index (χ2v) is 14.9. The second kappa shape index (κ2) is 18.4. The number of amides is 2. The van der Waals surface area contributed by atoms with Gasteiger partial charge < -0.3 is 15.0 Å². The highest BCUT2D eigenvalue weighted by Crippen LogP contribution is 2.27. The average Bonchev–Trinajstić information content (AvgIpc) is 3.52. The number of ether oxygens (including phenoxy) is 1. The van der Waals surface area contributed by atoms with Crippen LogP contribution in [0.5, 0.6) is 0 Å². The molecule has 2 heterocycles. The molecule has 260 valence electrons. The van der Waals surface area contributed by atoms with Gasteiger partial charge in [0.05, 0.1) is 24.1 Å². The number of likely N-dealkylation sites (tertiary alicyclic amines) is 1. The molecule has 0 bridgehead atoms. The summed E-state index contributed by atoms with van der Waals surface area (Å²) in [6, 6.07) is 9.48. The highest BCUT2D eigenvalue weighted by atomic mass is 32.1. The number of Topliss-reactive ketones (excluding diaryl/α,β-unsaturated/α-hetero) is 1. The average molecular weight is 669 g/mol. The lowest BCUT2D eigenvalue weighted by Gasteiger charge is -2.36. The number of aromatic nitrogens is 1. The summed E-state index contributed by atoms with van der Waals surface area (Å²) >= 11 is 1.44. The number of hydrogen-bond acceptors (Lipinski definition) is 8. The predicted octanol–water partition coefficient (Wildman–Crippen LogP) is 5.81. The Morgan fingerprint density at radius 2 is 1.77 bits per heavy atom. The molecule has 1 fully saturated rings. The molecule has 0 saturated carbocycles. The van der Waals surface area contributed by atoms with Gasteiger partial charge in [0.1, 0.15) is 5.69 Å². The lowest BCUT2D eigenvalue weighted by molar-refractivity contribution is -0.145. The number of ketones is 1. The minimum absolute atomic E-state index is 0.0235. The number of aryl methyl sites for hydroxylation is 1. The minimum Gasteiger partial charge on any atom is -0.469 e. The molecule has 2 amide bonds. The molecule has 1 aliphatic rings. The zero-order chi connectivity index (χ0) is 34.7. The molecule has 9 nitrogen and oxygen atoms in total. The van der Waals surface area contributed by atoms with Crippen molar-refractivity contribution >= 4 is 34.9 Å². The Balaban J connectivity index is 1.64. The molecule has 1 aliphatic heterocycles. The van der Waals surface area contributed by atoms with Crippen molar-refractivity contribution in [1.82, 2.24) is 20.1 Å². The number of hydrogen-bond donors (Lipinski definition) is 1. The van der Waals surface area contributed by atoms with Crippen molar-refractivity contribution in [3.63, 3.8) is 0 Å². The van der Waals surface area contributed by atoms with Gasteiger partial charge in [-0.05, 0) is 63.1 Å². The molecule has 47 heavy (non-hydrogen) atoms. The van der Waals surface area contributed by atoms with E-state index in [2.05, 4.69) is 29.0 Å². The van der Waals surface area contributed by atoms with E-state index in [0.717, 1.165) is 36.4 Å². The Labute approximate surface area is 285 Å². The van der Waals surface area contributed by atoms with Crippen molar-refractivity contribution in [2.24, 2.45) is 23.7 Å². The lowest BCUT2D eigenvalue weighted by Crippen LogP contribution is -2.47. The number of methoxy groups -OCH3 is 1. The number of nitrogens with zero attached hydrogens (tertiary/aromatic N) is 3. The molecule has 1 N–H and O–H groups in total. The van der Waals surface area contributed by atoms with E-state index in [4.69, 9.17) is 4.74 Å². The topological polar surface area (TPSA) is 109 Å². The molecule has 1 aromatic heterocycles. The SMILES string of the molecule is COC(=O)[C@@H](C)C[C@H](Cc1ccccc1)NC(=O)c1csc(CC[C@H](C(C)C)N(C)C(=O)[C@@H](CC(=O)[C@H]2CCCCN2C)C(C)C)n1. The number of likely N-dealkylation sites (N-methyl/N-ethyl adjacent to an activating group) is 1. The third-order valence-electron chi connectivity index (χ3n) is 9.64. The Bertz CT molecular complexity index is 1310. The summed E-state index contributed by atoms with van der Waals surface area (Å²) in [6.07, 6.45) is 5.67. The first-order valence-corrected chi connectivity index (χ1v) is 18.1. The van der Waals surface area contributed by atoms with Crippen LogP contribution in [0.25, 0.3) is 0 Å². The van der Waals surface area contributed by atoms with Crippen LogP contribution in [-0.4, -0.2) is 84.2 Å². The Morgan fingerprint density at radius 3 is 2.38 bits per heavy atom. The quantitative estimate of drug-likeness (QED) is 0.212. The standard InChI is InChI=1S/C37H56N4O5S/c1-24(2)29(22-33(42)32-16-12-13-19-40(32)6)36(44)41(7)31(25(3)4)17-18-34-39-30(23-47-34)35(43)38-28(20-26(5)37(45)46-8)21-27-14-10-9-11-15-27/h9-11,14-15,23-26,28-29,31-32H,12-13,16-22H2,1-8H3,(H,38,43)/t26-,28+,29-,31+,32+/m0/s1. The van der Waals surface area contributed by atoms with Crippen molar-refractivity contribution in [2.75, 3.05) is 27.7 Å². The summed E-state index contributed by atoms with van der Waals surface area (Å²) in [7, 11) is 5.25. The second-order valence-electron chi connectivity index (χ2n) is 14.0. The van der Waals surface area contributed by atoms with Crippen molar-refractivity contribution in [1.29, 1.82) is 0 Å². The molecule has 1 aromatic carbocycles. The molecular weight excluding hydrogens is 612 g/mol. The van der Waals surface area contributed by atoms with Crippen LogP contribution in [-0.2, 0) is 32.0 Å². The minimum atomic E-state index is -0.366. The normalized spacial score (nSPS) is 18.0. The van der Waals surface area contributed by atoms with Crippen LogP contribution in [0.3, 0.4) is 0 Å². The van der Waals surface area contributed by atoms with Gasteiger partial charge >= 0.3 is 5.97 Å². The number of rotatable bonds is 17. The summed E-state index contributed by atoms with van der Waals surface area (Å²) in [5.74, 6) is -0.846. The smallest absolute Gasteiger partial charge is 0.308 e. The predicted molar refractivity (Wildman–Crippen MR) is 187 cm³/mol. The first-order chi connectivity index (χ1) is 22.3. The van der Waals surface area contributed by atoms with Crippen LogP contribution in [0.15, 0.2) is 35.7 Å². The summed E-state index contributed by atoms with van der Waals surface area (Å²) in [5, 5.41) is 5.71. The summed E-state index contributed by atoms with van der Waals surface area (Å²) < 4.78 is 4.92. The highest BCUT2D eigenvalue weighted by Gasteiger charge is 2.35. The van der Waals surface area contributed by atoms with Crippen LogP contribution in [0, 0.1) is 23.7 Å². The van der Waals surface area contributed by atoms with Crippen molar-refractivity contribution in [3.05, 3.63) is 52.0 Å². The van der Waals surface area contributed by atoms with Crippen molar-refractivity contribution in [2.45, 2.75) is 104 Å². The number of carbonyl (C=O) groups is 4. The van der Waals surface area contributed by atoms with Crippen LogP contribution < -0.4 is 5.32 Å². The van der Waals surface area contributed by atoms with Gasteiger partial charge in [0.2, 0.25) is 5.91 Å². The number of nitrogens with one attached hydrogen (secondary N) is 1. The zero-order valence-corrected chi connectivity index (χ0v) is 30.5. The number of thiazole rings is 1. The van der Waals surface area contributed by atoms with E-state index in [0.29, 0.717) is 31.4 Å². The number of benzene rings is 1. The summed E-state index contributed by atoms with van der Waals surface area (Å²) in [4.78, 5) is 61.3. The fourth-order valence-corrected chi connectivity index (χ4v) is 7.51. The fourth-order valence-electron chi connectivity index (χ4n) is 6.72. The third kappa shape index (κ3) is 11.2. The van der Waals surface area contributed by atoms with E-state index in [1.165, 1.54) is 18.4 Å². The molecule has 0 unspecified atom stereocenters. The molecule has 3 rings (SSSR count). The van der Waals surface area contributed by atoms with Gasteiger partial charge in [0.25, 0.3) is 5.91 Å². The van der Waals surface area contributed by atoms with Gasteiger partial charge in [-0.3, -0.25) is 24.1 Å². The maximum Gasteiger partial charge on any atom is 0.308 e. The molecule has 2 aromatic rings. The monoisotopic (exact) mass is 668 g/mol. The molecule has 1 saturated heterocycles. The van der Waals surface area contributed by atoms with E-state index in [1.54, 1.807) is 12.3 Å². The van der Waals surface area contributed by atoms with Gasteiger partial charge in [-0.15, -0.1) is 11.3 Å². The molecule has 5 atom stereocenters. The maximum absolute atomic E-state index is 13.9. The van der Waals surface area contributed by atoms with E-state index in [-0.39, 0.29) is 71.8 Å². The Morgan fingerprint density at radius 1 is 1.06 bits per heavy atom. The van der Waals surface area contributed by atoms with E-state index in [9.17, 15) is 19.2 Å². The largest absolute Gasteiger partial charge is 0.469 e. The highest BCUT2D eigenvalue weighted by molar-refractivity contribution is 7.09. The molecule has 10 heteroatoms.